The van der Waals surface area contributed by atoms with Gasteiger partial charge in [0, 0.05) is 23.9 Å². The number of carboxylic acid groups (broad SMARTS) is 1. The standard InChI is InChI=1S/C23H31N3O3/c1-13(2)20(18-9-16(6)22(27)25-12-18)26-19-10-17(8-7-15(19)5)11-24-21(14(3)4)23(28)29/h7-10,12-14,21,24H,11H2,1-6H3,(H,25,27)(H,28,29)/b26-20+. The maximum atomic E-state index is 11.7. The van der Waals surface area contributed by atoms with Crippen LogP contribution in [0.4, 0.5) is 5.69 Å². The van der Waals surface area contributed by atoms with E-state index in [0.717, 1.165) is 28.1 Å². The van der Waals surface area contributed by atoms with E-state index in [9.17, 15) is 14.7 Å². The molecule has 156 valence electrons. The van der Waals surface area contributed by atoms with E-state index >= 15 is 0 Å². The number of benzene rings is 1. The maximum Gasteiger partial charge on any atom is 0.320 e. The quantitative estimate of drug-likeness (QED) is 0.588. The summed E-state index contributed by atoms with van der Waals surface area (Å²) in [6, 6.07) is 7.23. The summed E-state index contributed by atoms with van der Waals surface area (Å²) >= 11 is 0. The van der Waals surface area contributed by atoms with Gasteiger partial charge in [-0.3, -0.25) is 14.6 Å². The monoisotopic (exact) mass is 397 g/mol. The number of nitrogens with one attached hydrogen (secondary N) is 2. The average molecular weight is 398 g/mol. The van der Waals surface area contributed by atoms with E-state index in [4.69, 9.17) is 4.99 Å². The number of pyridine rings is 1. The van der Waals surface area contributed by atoms with Gasteiger partial charge < -0.3 is 15.4 Å². The van der Waals surface area contributed by atoms with Crippen LogP contribution in [0.1, 0.15) is 49.9 Å². The van der Waals surface area contributed by atoms with E-state index in [0.29, 0.717) is 12.1 Å². The molecule has 0 bridgehead atoms. The van der Waals surface area contributed by atoms with E-state index in [-0.39, 0.29) is 17.4 Å². The molecule has 29 heavy (non-hydrogen) atoms. The molecule has 1 atom stereocenters. The number of nitrogens with zero attached hydrogens (tertiary/aromatic N) is 1. The highest BCUT2D eigenvalue weighted by atomic mass is 16.4. The summed E-state index contributed by atoms with van der Waals surface area (Å²) in [5.74, 6) is -0.689. The zero-order valence-electron chi connectivity index (χ0n) is 18.0. The van der Waals surface area contributed by atoms with Crippen molar-refractivity contribution < 1.29 is 9.90 Å². The lowest BCUT2D eigenvalue weighted by Crippen LogP contribution is -2.40. The number of carbonyl (C=O) groups is 1. The Balaban J connectivity index is 2.36. The van der Waals surface area contributed by atoms with Crippen molar-refractivity contribution >= 4 is 17.4 Å². The fourth-order valence-corrected chi connectivity index (χ4v) is 3.12. The highest BCUT2D eigenvalue weighted by molar-refractivity contribution is 6.03. The highest BCUT2D eigenvalue weighted by Gasteiger charge is 2.20. The largest absolute Gasteiger partial charge is 0.480 e. The van der Waals surface area contributed by atoms with Gasteiger partial charge in [0.25, 0.3) is 5.56 Å². The molecular formula is C23H31N3O3. The predicted molar refractivity (Wildman–Crippen MR) is 117 cm³/mol. The first kappa shape index (κ1) is 22.6. The fourth-order valence-electron chi connectivity index (χ4n) is 3.12. The summed E-state index contributed by atoms with van der Waals surface area (Å²) in [7, 11) is 0. The number of carboxylic acids is 1. The summed E-state index contributed by atoms with van der Waals surface area (Å²) in [4.78, 5) is 30.8. The van der Waals surface area contributed by atoms with Gasteiger partial charge in [-0.05, 0) is 48.9 Å². The van der Waals surface area contributed by atoms with Crippen LogP contribution in [0.5, 0.6) is 0 Å². The number of aryl methyl sites for hydroxylation is 2. The van der Waals surface area contributed by atoms with Crippen LogP contribution >= 0.6 is 0 Å². The Morgan fingerprint density at radius 1 is 1.14 bits per heavy atom. The molecule has 0 saturated heterocycles. The van der Waals surface area contributed by atoms with Crippen molar-refractivity contribution in [2.75, 3.05) is 0 Å². The molecule has 2 aromatic rings. The lowest BCUT2D eigenvalue weighted by atomic mass is 9.99. The van der Waals surface area contributed by atoms with Gasteiger partial charge in [-0.2, -0.15) is 0 Å². The minimum absolute atomic E-state index is 0.00791. The zero-order valence-corrected chi connectivity index (χ0v) is 18.0. The van der Waals surface area contributed by atoms with Crippen LogP contribution < -0.4 is 10.9 Å². The molecule has 6 heteroatoms. The van der Waals surface area contributed by atoms with Crippen LogP contribution in [0.25, 0.3) is 0 Å². The van der Waals surface area contributed by atoms with Gasteiger partial charge in [0.2, 0.25) is 0 Å². The van der Waals surface area contributed by atoms with Crippen molar-refractivity contribution in [2.45, 2.75) is 54.1 Å². The molecule has 0 radical (unpaired) electrons. The molecule has 0 saturated carbocycles. The summed E-state index contributed by atoms with van der Waals surface area (Å²) in [6.07, 6.45) is 1.70. The number of H-pyrrole nitrogens is 1. The lowest BCUT2D eigenvalue weighted by molar-refractivity contribution is -0.140. The number of rotatable bonds is 8. The second-order valence-corrected chi connectivity index (χ2v) is 8.11. The molecule has 0 amide bonds. The molecule has 2 rings (SSSR count). The molecule has 1 heterocycles. The van der Waals surface area contributed by atoms with Crippen molar-refractivity contribution in [3.63, 3.8) is 0 Å². The van der Waals surface area contributed by atoms with Crippen LogP contribution in [-0.2, 0) is 11.3 Å². The summed E-state index contributed by atoms with van der Waals surface area (Å²) in [6.45, 7) is 12.1. The Kier molecular flexibility index (Phi) is 7.51. The minimum Gasteiger partial charge on any atom is -0.480 e. The van der Waals surface area contributed by atoms with Crippen LogP contribution in [0.2, 0.25) is 0 Å². The first-order valence-corrected chi connectivity index (χ1v) is 9.94. The minimum atomic E-state index is -0.846. The van der Waals surface area contributed by atoms with E-state index < -0.39 is 12.0 Å². The molecule has 0 fully saturated rings. The molecule has 0 spiro atoms. The van der Waals surface area contributed by atoms with Gasteiger partial charge in [0.05, 0.1) is 11.4 Å². The SMILES string of the molecule is Cc1ccc(CNC(C(=O)O)C(C)C)cc1/N=C(/c1c[nH]c(=O)c(C)c1)C(C)C. The molecule has 3 N–H and O–H groups in total. The average Bonchev–Trinajstić information content (AvgIpc) is 2.63. The normalized spacial score (nSPS) is 13.2. The molecule has 1 unspecified atom stereocenters. The van der Waals surface area contributed by atoms with Gasteiger partial charge in [0.15, 0.2) is 0 Å². The Labute approximate surface area is 172 Å². The van der Waals surface area contributed by atoms with Crippen LogP contribution in [0.3, 0.4) is 0 Å². The van der Waals surface area contributed by atoms with Gasteiger partial charge in [0.1, 0.15) is 6.04 Å². The van der Waals surface area contributed by atoms with Crippen molar-refractivity contribution in [3.05, 3.63) is 63.1 Å². The first-order chi connectivity index (χ1) is 13.6. The third kappa shape index (κ3) is 5.87. The zero-order chi connectivity index (χ0) is 21.7. The molecule has 0 aliphatic rings. The summed E-state index contributed by atoms with van der Waals surface area (Å²) < 4.78 is 0. The molecule has 1 aromatic heterocycles. The third-order valence-corrected chi connectivity index (χ3v) is 4.90. The van der Waals surface area contributed by atoms with Crippen LogP contribution in [0, 0.1) is 25.7 Å². The second kappa shape index (κ2) is 9.65. The second-order valence-electron chi connectivity index (χ2n) is 8.11. The first-order valence-electron chi connectivity index (χ1n) is 9.94. The van der Waals surface area contributed by atoms with Crippen LogP contribution in [-0.4, -0.2) is 27.8 Å². The molecule has 6 nitrogen and oxygen atoms in total. The number of aliphatic carboxylic acids is 1. The van der Waals surface area contributed by atoms with Gasteiger partial charge in [-0.1, -0.05) is 39.8 Å². The molecule has 1 aromatic carbocycles. The number of aromatic amines is 1. The number of hydrogen-bond acceptors (Lipinski definition) is 4. The van der Waals surface area contributed by atoms with Crippen molar-refractivity contribution in [1.29, 1.82) is 0 Å². The van der Waals surface area contributed by atoms with Gasteiger partial charge in [-0.25, -0.2) is 0 Å². The number of aliphatic imine (C=N–C) groups is 1. The number of aromatic nitrogens is 1. The van der Waals surface area contributed by atoms with Crippen molar-refractivity contribution in [2.24, 2.45) is 16.8 Å². The Morgan fingerprint density at radius 2 is 1.83 bits per heavy atom. The maximum absolute atomic E-state index is 11.7. The third-order valence-electron chi connectivity index (χ3n) is 4.90. The predicted octanol–water partition coefficient (Wildman–Crippen LogP) is 3.97. The highest BCUT2D eigenvalue weighted by Crippen LogP contribution is 2.24. The Morgan fingerprint density at radius 3 is 2.38 bits per heavy atom. The van der Waals surface area contributed by atoms with Gasteiger partial charge >= 0.3 is 5.97 Å². The van der Waals surface area contributed by atoms with Crippen molar-refractivity contribution in [3.8, 4) is 0 Å². The molecule has 0 aliphatic heterocycles. The van der Waals surface area contributed by atoms with E-state index in [1.165, 1.54) is 0 Å². The smallest absolute Gasteiger partial charge is 0.320 e. The van der Waals surface area contributed by atoms with Gasteiger partial charge in [-0.15, -0.1) is 0 Å². The lowest BCUT2D eigenvalue weighted by Gasteiger charge is -2.18. The van der Waals surface area contributed by atoms with E-state index in [2.05, 4.69) is 24.1 Å². The Hall–Kier alpha value is -2.73. The van der Waals surface area contributed by atoms with E-state index in [1.54, 1.807) is 13.1 Å². The number of hydrogen-bond donors (Lipinski definition) is 3. The molecular weight excluding hydrogens is 366 g/mol. The summed E-state index contributed by atoms with van der Waals surface area (Å²) in [5, 5.41) is 12.5. The topological polar surface area (TPSA) is 94.5 Å². The molecule has 0 aliphatic carbocycles. The van der Waals surface area contributed by atoms with E-state index in [1.807, 2.05) is 45.0 Å². The van der Waals surface area contributed by atoms with Crippen LogP contribution in [0.15, 0.2) is 40.2 Å². The Bertz CT molecular complexity index is 958. The van der Waals surface area contributed by atoms with Crippen molar-refractivity contribution in [1.82, 2.24) is 10.3 Å². The summed E-state index contributed by atoms with van der Waals surface area (Å²) in [5.41, 5.74) is 5.19. The fraction of sp³-hybridized carbons (Fsp3) is 0.435.